The summed E-state index contributed by atoms with van der Waals surface area (Å²) in [5.74, 6) is -0.431. The summed E-state index contributed by atoms with van der Waals surface area (Å²) in [5, 5.41) is 10.6. The molecule has 0 saturated heterocycles. The first-order valence-electron chi connectivity index (χ1n) is 44.5. The molecule has 0 spiro atoms. The number of hydrogen-bond donors (Lipinski definition) is 3. The summed E-state index contributed by atoms with van der Waals surface area (Å²) >= 11 is 0. The quantitative estimate of drug-likeness (QED) is 0.0222. The number of unbranched alkanes of at least 4 members (excludes halogenated alkanes) is 54. The maximum absolute atomic E-state index is 13.1. The smallest absolute Gasteiger partial charge is 0.462 e. The Kier molecular flexibility index (Phi) is 76.0. The average Bonchev–Trinajstić information content (AvgIpc) is 0.925. The van der Waals surface area contributed by atoms with E-state index >= 15 is 0 Å². The second kappa shape index (κ2) is 77.4. The van der Waals surface area contributed by atoms with E-state index < -0.39 is 97.5 Å². The maximum atomic E-state index is 13.1. The first-order chi connectivity index (χ1) is 50.9. The van der Waals surface area contributed by atoms with Crippen molar-refractivity contribution in [2.45, 2.75) is 477 Å². The lowest BCUT2D eigenvalue weighted by molar-refractivity contribution is -0.161. The molecule has 0 bridgehead atoms. The van der Waals surface area contributed by atoms with Gasteiger partial charge in [-0.15, -0.1) is 0 Å². The van der Waals surface area contributed by atoms with E-state index in [0.29, 0.717) is 25.7 Å². The van der Waals surface area contributed by atoms with Crippen LogP contribution < -0.4 is 0 Å². The zero-order valence-electron chi connectivity index (χ0n) is 69.0. The Morgan fingerprint density at radius 3 is 0.724 bits per heavy atom. The van der Waals surface area contributed by atoms with Crippen LogP contribution in [0.2, 0.25) is 0 Å². The summed E-state index contributed by atoms with van der Waals surface area (Å²) in [7, 11) is -9.92. The molecule has 0 aromatic carbocycles. The van der Waals surface area contributed by atoms with E-state index in [0.717, 1.165) is 108 Å². The number of esters is 4. The highest BCUT2D eigenvalue weighted by Gasteiger charge is 2.30. The van der Waals surface area contributed by atoms with Crippen LogP contribution in [0.4, 0.5) is 0 Å². The number of carbonyl (C=O) groups excluding carboxylic acids is 4. The highest BCUT2D eigenvalue weighted by molar-refractivity contribution is 7.47. The van der Waals surface area contributed by atoms with Crippen molar-refractivity contribution in [3.8, 4) is 0 Å². The van der Waals surface area contributed by atoms with Crippen LogP contribution >= 0.6 is 15.6 Å². The maximum Gasteiger partial charge on any atom is 0.472 e. The SMILES string of the molecule is CCCCCCCCCCCCCCCCCCCCCC(=O)O[C@H](COC(=O)CCCCCCC)COP(=O)(O)OC[C@H](O)COP(=O)(O)OC[C@@H](COC(=O)CCCCCCCCCCCCCCCCCCC(C)C)OC(=O)CCCCCCCCCCCCCCCCCCCCC(C)CC. The van der Waals surface area contributed by atoms with Gasteiger partial charge in [-0.05, 0) is 37.5 Å². The van der Waals surface area contributed by atoms with Crippen molar-refractivity contribution in [3.63, 3.8) is 0 Å². The van der Waals surface area contributed by atoms with E-state index in [1.165, 1.54) is 270 Å². The fraction of sp³-hybridized carbons (Fsp3) is 0.953. The van der Waals surface area contributed by atoms with Crippen LogP contribution in [0, 0.1) is 11.8 Å². The van der Waals surface area contributed by atoms with E-state index in [2.05, 4.69) is 41.5 Å². The molecule has 0 aliphatic heterocycles. The number of aliphatic hydroxyl groups excluding tert-OH is 1. The number of ether oxygens (including phenoxy) is 4. The summed E-state index contributed by atoms with van der Waals surface area (Å²) in [6.45, 7) is 9.68. The fourth-order valence-electron chi connectivity index (χ4n) is 13.4. The third kappa shape index (κ3) is 78.5. The third-order valence-corrected chi connectivity index (χ3v) is 22.5. The number of carbonyl (C=O) groups is 4. The van der Waals surface area contributed by atoms with Gasteiger partial charge in [0.1, 0.15) is 19.3 Å². The van der Waals surface area contributed by atoms with Crippen molar-refractivity contribution in [3.05, 3.63) is 0 Å². The van der Waals surface area contributed by atoms with Gasteiger partial charge in [-0.3, -0.25) is 37.3 Å². The minimum atomic E-state index is -4.96. The second-order valence-electron chi connectivity index (χ2n) is 31.6. The summed E-state index contributed by atoms with van der Waals surface area (Å²) in [6, 6.07) is 0. The second-order valence-corrected chi connectivity index (χ2v) is 34.6. The molecule has 0 heterocycles. The number of phosphoric ester groups is 2. The topological polar surface area (TPSA) is 237 Å². The molecule has 0 aromatic rings. The van der Waals surface area contributed by atoms with E-state index in [1.807, 2.05) is 0 Å². The monoisotopic (exact) mass is 1540 g/mol. The van der Waals surface area contributed by atoms with Gasteiger partial charge in [0.25, 0.3) is 0 Å². The number of phosphoric acid groups is 2. The lowest BCUT2D eigenvalue weighted by atomic mass is 9.99. The number of hydrogen-bond acceptors (Lipinski definition) is 15. The highest BCUT2D eigenvalue weighted by atomic mass is 31.2. The van der Waals surface area contributed by atoms with Gasteiger partial charge in [0.05, 0.1) is 26.4 Å². The summed E-state index contributed by atoms with van der Waals surface area (Å²) in [4.78, 5) is 72.9. The van der Waals surface area contributed by atoms with Gasteiger partial charge in [0.15, 0.2) is 12.2 Å². The lowest BCUT2D eigenvalue weighted by Gasteiger charge is -2.21. The molecule has 0 amide bonds. The molecule has 624 valence electrons. The van der Waals surface area contributed by atoms with Crippen molar-refractivity contribution in [2.75, 3.05) is 39.6 Å². The van der Waals surface area contributed by atoms with Crippen molar-refractivity contribution in [1.82, 2.24) is 0 Å². The molecule has 0 radical (unpaired) electrons. The molecule has 0 fully saturated rings. The van der Waals surface area contributed by atoms with Gasteiger partial charge < -0.3 is 33.8 Å². The Labute approximate surface area is 645 Å². The first-order valence-corrected chi connectivity index (χ1v) is 47.5. The van der Waals surface area contributed by atoms with Crippen molar-refractivity contribution in [1.29, 1.82) is 0 Å². The fourth-order valence-corrected chi connectivity index (χ4v) is 15.0. The molecular weight excluding hydrogens is 1370 g/mol. The van der Waals surface area contributed by atoms with Gasteiger partial charge >= 0.3 is 39.5 Å². The zero-order valence-corrected chi connectivity index (χ0v) is 70.8. The van der Waals surface area contributed by atoms with Crippen LogP contribution in [-0.4, -0.2) is 96.7 Å². The number of aliphatic hydroxyl groups is 1. The molecule has 19 heteroatoms. The van der Waals surface area contributed by atoms with Gasteiger partial charge in [-0.1, -0.05) is 408 Å². The predicted molar refractivity (Wildman–Crippen MR) is 432 cm³/mol. The van der Waals surface area contributed by atoms with Crippen molar-refractivity contribution < 1.29 is 80.2 Å². The molecule has 17 nitrogen and oxygen atoms in total. The molecule has 3 unspecified atom stereocenters. The number of rotatable bonds is 85. The molecular formula is C86H168O17P2. The van der Waals surface area contributed by atoms with E-state index in [1.54, 1.807) is 0 Å². The minimum Gasteiger partial charge on any atom is -0.462 e. The van der Waals surface area contributed by atoms with Crippen LogP contribution in [0.5, 0.6) is 0 Å². The van der Waals surface area contributed by atoms with Crippen LogP contribution in [0.3, 0.4) is 0 Å². The van der Waals surface area contributed by atoms with E-state index in [4.69, 9.17) is 37.0 Å². The molecule has 105 heavy (non-hydrogen) atoms. The normalized spacial score (nSPS) is 14.1. The van der Waals surface area contributed by atoms with Crippen molar-refractivity contribution >= 4 is 39.5 Å². The first kappa shape index (κ1) is 103. The minimum absolute atomic E-state index is 0.108. The van der Waals surface area contributed by atoms with E-state index in [9.17, 15) is 43.2 Å². The molecule has 0 aliphatic rings. The molecule has 0 aromatic heterocycles. The third-order valence-electron chi connectivity index (χ3n) is 20.6. The molecule has 0 rings (SSSR count). The molecule has 3 N–H and O–H groups in total. The summed E-state index contributed by atoms with van der Waals surface area (Å²) in [5.41, 5.74) is 0. The predicted octanol–water partition coefficient (Wildman–Crippen LogP) is 26.2. The summed E-state index contributed by atoms with van der Waals surface area (Å²) < 4.78 is 68.6. The summed E-state index contributed by atoms with van der Waals surface area (Å²) in [6.07, 6.45) is 69.9. The largest absolute Gasteiger partial charge is 0.472 e. The Bertz CT molecular complexity index is 2010. The van der Waals surface area contributed by atoms with Crippen LogP contribution in [0.1, 0.15) is 459 Å². The van der Waals surface area contributed by atoms with Gasteiger partial charge in [-0.25, -0.2) is 9.13 Å². The molecule has 0 saturated carbocycles. The van der Waals surface area contributed by atoms with E-state index in [-0.39, 0.29) is 25.7 Å². The Balaban J connectivity index is 5.10. The van der Waals surface area contributed by atoms with Crippen molar-refractivity contribution in [2.24, 2.45) is 11.8 Å². The average molecular weight is 1540 g/mol. The highest BCUT2D eigenvalue weighted by Crippen LogP contribution is 2.45. The molecule has 6 atom stereocenters. The standard InChI is InChI=1S/C86H168O17P2/c1-7-10-12-14-15-16-17-18-19-20-21-25-32-37-42-47-52-58-64-70-85(90)102-81(74-96-83(88)68-62-54-13-11-8-2)76-100-104(92,93)98-72-80(87)73-99-105(94,95)101-77-82(75-97-84(89)69-63-57-51-46-41-36-31-28-27-29-34-39-44-49-55-60-66-78(4)5)103-86(91)71-65-59-53-48-43-38-33-26-23-22-24-30-35-40-45-50-56-61-67-79(6)9-3/h78-82,87H,7-77H2,1-6H3,(H,92,93)(H,94,95)/t79?,80-,81+,82+/m0/s1. The van der Waals surface area contributed by atoms with Gasteiger partial charge in [-0.2, -0.15) is 0 Å². The van der Waals surface area contributed by atoms with Crippen LogP contribution in [0.25, 0.3) is 0 Å². The van der Waals surface area contributed by atoms with Gasteiger partial charge in [0.2, 0.25) is 0 Å². The lowest BCUT2D eigenvalue weighted by Crippen LogP contribution is -2.30. The Morgan fingerprint density at radius 1 is 0.276 bits per heavy atom. The Hall–Kier alpha value is -1.94. The van der Waals surface area contributed by atoms with Crippen LogP contribution in [-0.2, 0) is 65.4 Å². The van der Waals surface area contributed by atoms with Crippen LogP contribution in [0.15, 0.2) is 0 Å². The molecule has 0 aliphatic carbocycles. The Morgan fingerprint density at radius 2 is 0.486 bits per heavy atom. The van der Waals surface area contributed by atoms with Gasteiger partial charge in [0, 0.05) is 25.7 Å². The zero-order chi connectivity index (χ0) is 77.1.